The first-order valence-corrected chi connectivity index (χ1v) is 11.9. The lowest BCUT2D eigenvalue weighted by Gasteiger charge is -2.20. The molecule has 0 fully saturated rings. The molecule has 1 amide bonds. The van der Waals surface area contributed by atoms with Gasteiger partial charge in [0.1, 0.15) is 6.04 Å². The van der Waals surface area contributed by atoms with Gasteiger partial charge < -0.3 is 5.32 Å². The molecule has 0 bridgehead atoms. The number of sulfonamides is 2. The van der Waals surface area contributed by atoms with Crippen molar-refractivity contribution in [3.8, 4) is 0 Å². The summed E-state index contributed by atoms with van der Waals surface area (Å²) in [5.41, 5.74) is 1.11. The van der Waals surface area contributed by atoms with Crippen LogP contribution in [0, 0.1) is 12.8 Å². The molecule has 0 aliphatic carbocycles. The van der Waals surface area contributed by atoms with Gasteiger partial charge in [-0.1, -0.05) is 37.6 Å². The van der Waals surface area contributed by atoms with Crippen molar-refractivity contribution in [1.82, 2.24) is 4.72 Å². The molecule has 0 heterocycles. The maximum atomic E-state index is 12.8. The summed E-state index contributed by atoms with van der Waals surface area (Å²) >= 11 is 0. The number of hydrogen-bond acceptors (Lipinski definition) is 5. The van der Waals surface area contributed by atoms with Crippen molar-refractivity contribution >= 4 is 31.6 Å². The standard InChI is InChI=1S/C19H25N3O5S2/c1-13(2)11-18(22-29(26,27)16-9-7-14(3)8-10-16)19(23)21-15-5-4-6-17(12-15)28(20,24)25/h4-10,12-13,18,22H,11H2,1-3H3,(H,21,23)(H2,20,24,25)/t18-/m1/s1. The lowest BCUT2D eigenvalue weighted by atomic mass is 10.0. The SMILES string of the molecule is Cc1ccc(S(=O)(=O)N[C@H](CC(C)C)C(=O)Nc2cccc(S(N)(=O)=O)c2)cc1. The Kier molecular flexibility index (Phi) is 7.17. The molecule has 2 aromatic rings. The first-order valence-electron chi connectivity index (χ1n) is 8.91. The molecule has 1 atom stereocenters. The van der Waals surface area contributed by atoms with Gasteiger partial charge in [-0.05, 0) is 49.6 Å². The van der Waals surface area contributed by atoms with E-state index in [4.69, 9.17) is 5.14 Å². The van der Waals surface area contributed by atoms with E-state index in [0.717, 1.165) is 5.56 Å². The number of primary sulfonamides is 1. The molecule has 2 aromatic carbocycles. The molecule has 0 saturated carbocycles. The number of rotatable bonds is 8. The Balaban J connectivity index is 2.25. The monoisotopic (exact) mass is 439 g/mol. The Hall–Kier alpha value is -2.27. The van der Waals surface area contributed by atoms with Crippen molar-refractivity contribution in [2.75, 3.05) is 5.32 Å². The van der Waals surface area contributed by atoms with Crippen molar-refractivity contribution in [1.29, 1.82) is 0 Å². The fourth-order valence-corrected chi connectivity index (χ4v) is 4.40. The smallest absolute Gasteiger partial charge is 0.242 e. The van der Waals surface area contributed by atoms with E-state index >= 15 is 0 Å². The molecule has 8 nitrogen and oxygen atoms in total. The molecule has 0 aromatic heterocycles. The molecular weight excluding hydrogens is 414 g/mol. The summed E-state index contributed by atoms with van der Waals surface area (Å²) < 4.78 is 50.8. The zero-order chi connectivity index (χ0) is 21.8. The Morgan fingerprint density at radius 2 is 1.62 bits per heavy atom. The van der Waals surface area contributed by atoms with Crippen LogP contribution in [0.5, 0.6) is 0 Å². The number of benzene rings is 2. The van der Waals surface area contributed by atoms with Crippen molar-refractivity contribution in [3.05, 3.63) is 54.1 Å². The summed E-state index contributed by atoms with van der Waals surface area (Å²) in [6.07, 6.45) is 0.256. The number of anilines is 1. The van der Waals surface area contributed by atoms with E-state index < -0.39 is 32.0 Å². The fourth-order valence-electron chi connectivity index (χ4n) is 2.63. The zero-order valence-electron chi connectivity index (χ0n) is 16.4. The summed E-state index contributed by atoms with van der Waals surface area (Å²) in [5, 5.41) is 7.67. The maximum absolute atomic E-state index is 12.8. The predicted molar refractivity (Wildman–Crippen MR) is 111 cm³/mol. The highest BCUT2D eigenvalue weighted by molar-refractivity contribution is 7.89. The number of nitrogens with two attached hydrogens (primary N) is 1. The minimum absolute atomic E-state index is 0.0298. The largest absolute Gasteiger partial charge is 0.325 e. The average Bonchev–Trinajstić information content (AvgIpc) is 2.60. The number of carbonyl (C=O) groups is 1. The molecule has 4 N–H and O–H groups in total. The van der Waals surface area contributed by atoms with Crippen LogP contribution in [0.1, 0.15) is 25.8 Å². The number of aryl methyl sites for hydroxylation is 1. The van der Waals surface area contributed by atoms with Crippen molar-refractivity contribution in [3.63, 3.8) is 0 Å². The van der Waals surface area contributed by atoms with E-state index in [9.17, 15) is 21.6 Å². The molecule has 0 unspecified atom stereocenters. The van der Waals surface area contributed by atoms with Gasteiger partial charge in [-0.15, -0.1) is 0 Å². The second kappa shape index (κ2) is 9.04. The van der Waals surface area contributed by atoms with E-state index in [0.29, 0.717) is 0 Å². The van der Waals surface area contributed by atoms with Gasteiger partial charge in [0.2, 0.25) is 26.0 Å². The number of hydrogen-bond donors (Lipinski definition) is 3. The van der Waals surface area contributed by atoms with E-state index in [2.05, 4.69) is 10.0 Å². The minimum Gasteiger partial charge on any atom is -0.325 e. The molecule has 0 aliphatic heterocycles. The molecule has 2 rings (SSSR count). The molecule has 29 heavy (non-hydrogen) atoms. The Bertz CT molecular complexity index is 1080. The van der Waals surface area contributed by atoms with Crippen LogP contribution in [0.3, 0.4) is 0 Å². The van der Waals surface area contributed by atoms with Gasteiger partial charge in [0.05, 0.1) is 9.79 Å². The van der Waals surface area contributed by atoms with Gasteiger partial charge in [0, 0.05) is 5.69 Å². The fraction of sp³-hybridized carbons (Fsp3) is 0.316. The molecule has 158 valence electrons. The third-order valence-corrected chi connectivity index (χ3v) is 6.48. The van der Waals surface area contributed by atoms with E-state index in [-0.39, 0.29) is 27.8 Å². The van der Waals surface area contributed by atoms with Crippen LogP contribution in [0.15, 0.2) is 58.3 Å². The van der Waals surface area contributed by atoms with Crippen LogP contribution in [-0.2, 0) is 24.8 Å². The molecule has 10 heteroatoms. The minimum atomic E-state index is -3.93. The first kappa shape index (κ1) is 23.0. The van der Waals surface area contributed by atoms with Gasteiger partial charge in [0.25, 0.3) is 0 Å². The Labute approximate surface area is 171 Å². The van der Waals surface area contributed by atoms with Crippen LogP contribution in [0.25, 0.3) is 0 Å². The summed E-state index contributed by atoms with van der Waals surface area (Å²) in [6.45, 7) is 5.57. The van der Waals surface area contributed by atoms with Gasteiger partial charge in [-0.25, -0.2) is 22.0 Å². The van der Waals surface area contributed by atoms with E-state index in [1.165, 1.54) is 36.4 Å². The predicted octanol–water partition coefficient (Wildman–Crippen LogP) is 1.97. The van der Waals surface area contributed by atoms with Crippen LogP contribution in [-0.4, -0.2) is 28.8 Å². The lowest BCUT2D eigenvalue weighted by Crippen LogP contribution is -2.44. The topological polar surface area (TPSA) is 135 Å². The Morgan fingerprint density at radius 1 is 1.00 bits per heavy atom. The second-order valence-electron chi connectivity index (χ2n) is 7.18. The molecule has 0 aliphatic rings. The van der Waals surface area contributed by atoms with Gasteiger partial charge in [0.15, 0.2) is 0 Å². The lowest BCUT2D eigenvalue weighted by molar-refractivity contribution is -0.118. The van der Waals surface area contributed by atoms with Crippen LogP contribution < -0.4 is 15.2 Å². The summed E-state index contributed by atoms with van der Waals surface area (Å²) in [5.74, 6) is -0.567. The summed E-state index contributed by atoms with van der Waals surface area (Å²) in [4.78, 5) is 12.7. The van der Waals surface area contributed by atoms with E-state index in [1.54, 1.807) is 12.1 Å². The number of amides is 1. The van der Waals surface area contributed by atoms with E-state index in [1.807, 2.05) is 20.8 Å². The van der Waals surface area contributed by atoms with Crippen LogP contribution in [0.2, 0.25) is 0 Å². The van der Waals surface area contributed by atoms with Crippen LogP contribution >= 0.6 is 0 Å². The van der Waals surface area contributed by atoms with Crippen molar-refractivity contribution in [2.24, 2.45) is 11.1 Å². The molecule has 0 spiro atoms. The summed E-state index contributed by atoms with van der Waals surface area (Å²) in [6, 6.07) is 10.7. The third-order valence-electron chi connectivity index (χ3n) is 4.08. The molecular formula is C19H25N3O5S2. The second-order valence-corrected chi connectivity index (χ2v) is 10.5. The highest BCUT2D eigenvalue weighted by Gasteiger charge is 2.27. The van der Waals surface area contributed by atoms with Crippen molar-refractivity contribution < 1.29 is 21.6 Å². The number of nitrogens with one attached hydrogen (secondary N) is 2. The zero-order valence-corrected chi connectivity index (χ0v) is 18.0. The van der Waals surface area contributed by atoms with Gasteiger partial charge >= 0.3 is 0 Å². The number of carbonyl (C=O) groups excluding carboxylic acids is 1. The van der Waals surface area contributed by atoms with Gasteiger partial charge in [-0.2, -0.15) is 4.72 Å². The highest BCUT2D eigenvalue weighted by atomic mass is 32.2. The third kappa shape index (κ3) is 6.64. The first-order chi connectivity index (χ1) is 13.4. The molecule has 0 saturated heterocycles. The highest BCUT2D eigenvalue weighted by Crippen LogP contribution is 2.17. The van der Waals surface area contributed by atoms with Gasteiger partial charge in [-0.3, -0.25) is 4.79 Å². The average molecular weight is 440 g/mol. The van der Waals surface area contributed by atoms with Crippen LogP contribution in [0.4, 0.5) is 5.69 Å². The quantitative estimate of drug-likeness (QED) is 0.578. The Morgan fingerprint density at radius 3 is 2.17 bits per heavy atom. The normalized spacial score (nSPS) is 13.3. The van der Waals surface area contributed by atoms with Crippen molar-refractivity contribution in [2.45, 2.75) is 43.0 Å². The molecule has 0 radical (unpaired) electrons. The maximum Gasteiger partial charge on any atom is 0.242 e. The summed E-state index contributed by atoms with van der Waals surface area (Å²) in [7, 11) is -7.85.